The van der Waals surface area contributed by atoms with E-state index in [2.05, 4.69) is 4.52 Å². The molecule has 0 radical (unpaired) electrons. The summed E-state index contributed by atoms with van der Waals surface area (Å²) < 4.78 is 19.4. The van der Waals surface area contributed by atoms with Crippen LogP contribution in [0.25, 0.3) is 0 Å². The Morgan fingerprint density at radius 3 is 2.75 bits per heavy atom. The number of hydrogen-bond donors (Lipinski definition) is 0. The van der Waals surface area contributed by atoms with E-state index >= 15 is 0 Å². The summed E-state index contributed by atoms with van der Waals surface area (Å²) in [4.78, 5) is 0. The van der Waals surface area contributed by atoms with Crippen LogP contribution in [0.1, 0.15) is 0 Å². The minimum Gasteiger partial charge on any atom is -0.151 e. The molecule has 0 bridgehead atoms. The first-order chi connectivity index (χ1) is 2.27. The van der Waals surface area contributed by atoms with Crippen molar-refractivity contribution in [2.24, 2.45) is 0 Å². The predicted molar refractivity (Wildman–Crippen MR) is 16.0 cm³/mol. The molecule has 0 aromatic rings. The summed E-state index contributed by atoms with van der Waals surface area (Å²) in [6, 6.07) is 0. The zero-order valence-electron chi connectivity index (χ0n) is 3.26. The molecule has 0 aliphatic heterocycles. The molecule has 4 heavy (non-hydrogen) atoms. The van der Waals surface area contributed by atoms with Crippen LogP contribution in [-0.2, 0) is 9.09 Å². The Morgan fingerprint density at radius 2 is 2.75 bits per heavy atom. The van der Waals surface area contributed by atoms with E-state index in [4.69, 9.17) is 1.28 Å². The molecule has 0 heterocycles. The van der Waals surface area contributed by atoms with Gasteiger partial charge >= 0.3 is 9.91 Å². The molecule has 0 aliphatic rings. The summed E-state index contributed by atoms with van der Waals surface area (Å²) in [6.07, 6.45) is 0. The second-order valence-corrected chi connectivity index (χ2v) is 0.771. The maximum atomic E-state index is 9.41. The van der Waals surface area contributed by atoms with E-state index in [1.807, 2.05) is 0 Å². The van der Waals surface area contributed by atoms with Gasteiger partial charge < -0.3 is 0 Å². The summed E-state index contributed by atoms with van der Waals surface area (Å²) in [5, 5.41) is 0. The van der Waals surface area contributed by atoms with Crippen molar-refractivity contribution >= 4 is 8.63 Å². The van der Waals surface area contributed by atoms with Crippen LogP contribution < -0.4 is 0 Å². The first kappa shape index (κ1) is 2.31. The molecule has 0 rings (SSSR count). The smallest absolute Gasteiger partial charge is 0.151 e. The van der Waals surface area contributed by atoms with Gasteiger partial charge in [-0.25, -0.2) is 0 Å². The lowest BCUT2D eigenvalue weighted by atomic mass is 11.8. The molecule has 24 valence electrons. The zero-order valence-corrected chi connectivity index (χ0v) is 3.16. The molecule has 0 N–H and O–H groups in total. The molecule has 1 unspecified atom stereocenters. The first-order valence-electron chi connectivity index (χ1n) is 1.22. The Morgan fingerprint density at radius 1 is 2.50 bits per heavy atom. The average molecular weight is 80.0 g/mol. The molecule has 0 aromatic carbocycles. The maximum Gasteiger partial charge on any atom is 0.493 e. The van der Waals surface area contributed by atoms with Crippen LogP contribution in [-0.4, -0.2) is 8.39 Å². The largest absolute Gasteiger partial charge is 0.493 e. The molecule has 0 saturated carbocycles. The van der Waals surface area contributed by atoms with Gasteiger partial charge in [0.1, 0.15) is 0 Å². The van der Waals surface area contributed by atoms with Crippen LogP contribution in [0.15, 0.2) is 0 Å². The van der Waals surface area contributed by atoms with Crippen LogP contribution in [0, 0.1) is 0 Å². The molecule has 3 heteroatoms. The lowest BCUT2D eigenvalue weighted by Crippen LogP contribution is -1.42. The standard InChI is InChI=1S/CH4O2P/c1-3-4-2/h4H,1H3/q+1/i4D. The highest BCUT2D eigenvalue weighted by Crippen LogP contribution is 1.83. The number of rotatable bonds is 1. The van der Waals surface area contributed by atoms with E-state index < -0.39 is 8.63 Å². The maximum absolute atomic E-state index is 9.41. The van der Waals surface area contributed by atoms with Crippen molar-refractivity contribution in [2.75, 3.05) is 7.11 Å². The zero-order chi connectivity index (χ0) is 4.28. The van der Waals surface area contributed by atoms with E-state index in [-0.39, 0.29) is 0 Å². The molecule has 0 aliphatic carbocycles. The van der Waals surface area contributed by atoms with Crippen molar-refractivity contribution in [3.8, 4) is 0 Å². The van der Waals surface area contributed by atoms with Crippen molar-refractivity contribution in [2.45, 2.75) is 0 Å². The van der Waals surface area contributed by atoms with E-state index in [9.17, 15) is 4.57 Å². The molecule has 0 saturated heterocycles. The summed E-state index contributed by atoms with van der Waals surface area (Å²) in [5.41, 5.74) is 0. The van der Waals surface area contributed by atoms with Gasteiger partial charge in [-0.3, -0.25) is 0 Å². The fraction of sp³-hybridized carbons (Fsp3) is 1.00. The topological polar surface area (TPSA) is 26.3 Å². The Bertz CT molecular complexity index is 44.9. The van der Waals surface area contributed by atoms with Crippen molar-refractivity contribution in [3.63, 3.8) is 0 Å². The quantitative estimate of drug-likeness (QED) is 0.430. The molecule has 0 fully saturated rings. The lowest BCUT2D eigenvalue weighted by Gasteiger charge is -1.44. The molecular weight excluding hydrogens is 75.0 g/mol. The van der Waals surface area contributed by atoms with Crippen LogP contribution in [0.2, 0.25) is 0 Å². The van der Waals surface area contributed by atoms with Crippen molar-refractivity contribution in [3.05, 3.63) is 0 Å². The van der Waals surface area contributed by atoms with E-state index in [0.29, 0.717) is 0 Å². The average Bonchev–Trinajstić information content (AvgIpc) is 1.38. The minimum atomic E-state index is -2.10. The van der Waals surface area contributed by atoms with Gasteiger partial charge in [0.2, 0.25) is 0 Å². The van der Waals surface area contributed by atoms with E-state index in [0.717, 1.165) is 0 Å². The van der Waals surface area contributed by atoms with Crippen LogP contribution >= 0.6 is 8.63 Å². The molecular formula is CH4O2P+. The molecule has 2 nitrogen and oxygen atoms in total. The third kappa shape index (κ3) is 2.06. The fourth-order valence-corrected chi connectivity index (χ4v) is 0. The van der Waals surface area contributed by atoms with Crippen LogP contribution in [0.5, 0.6) is 0 Å². The molecule has 1 atom stereocenters. The summed E-state index contributed by atoms with van der Waals surface area (Å²) in [5.74, 6) is 0. The van der Waals surface area contributed by atoms with Gasteiger partial charge in [-0.1, -0.05) is 0 Å². The van der Waals surface area contributed by atoms with Gasteiger partial charge in [0.05, 0.1) is 7.11 Å². The number of hydrogen-bond acceptors (Lipinski definition) is 2. The lowest BCUT2D eigenvalue weighted by molar-refractivity contribution is 0.433. The monoisotopic (exact) mass is 80.0 g/mol. The predicted octanol–water partition coefficient (Wildman–Crippen LogP) is 0.572. The van der Waals surface area contributed by atoms with Gasteiger partial charge in [-0.15, -0.1) is 0 Å². The van der Waals surface area contributed by atoms with Gasteiger partial charge in [0.25, 0.3) is 0 Å². The van der Waals surface area contributed by atoms with Gasteiger partial charge in [0.15, 0.2) is 0 Å². The highest BCUT2D eigenvalue weighted by molar-refractivity contribution is 7.17. The Labute approximate surface area is 27.3 Å². The summed E-state index contributed by atoms with van der Waals surface area (Å²) in [7, 11) is -0.870. The first-order valence-corrected chi connectivity index (χ1v) is 1.50. The van der Waals surface area contributed by atoms with Gasteiger partial charge in [-0.2, -0.15) is 4.52 Å². The Hall–Kier alpha value is 0.0600. The second-order valence-electron chi connectivity index (χ2n) is 0.257. The normalized spacial score (nSPS) is 14.2. The molecule has 0 amide bonds. The van der Waals surface area contributed by atoms with Gasteiger partial charge in [-0.05, 0) is 4.57 Å². The highest BCUT2D eigenvalue weighted by Gasteiger charge is 1.65. The third-order valence-corrected chi connectivity index (χ3v) is 0.224. The molecule has 0 aromatic heterocycles. The third-order valence-electron chi connectivity index (χ3n) is 0.0745. The van der Waals surface area contributed by atoms with E-state index in [1.165, 1.54) is 7.11 Å². The highest BCUT2D eigenvalue weighted by atomic mass is 31.1. The fourth-order valence-electron chi connectivity index (χ4n) is 0. The summed E-state index contributed by atoms with van der Waals surface area (Å²) in [6.45, 7) is 0. The minimum absolute atomic E-state index is 1.23. The van der Waals surface area contributed by atoms with Crippen molar-refractivity contribution in [1.29, 1.82) is 1.28 Å². The van der Waals surface area contributed by atoms with Crippen molar-refractivity contribution < 1.29 is 9.09 Å². The molecule has 0 spiro atoms. The SMILES string of the molecule is [2H][P+](=O)OC. The second kappa shape index (κ2) is 3.06. The van der Waals surface area contributed by atoms with Crippen molar-refractivity contribution in [1.82, 2.24) is 0 Å². The Kier molecular flexibility index (Phi) is 1.76. The Balaban J connectivity index is 2.85. The van der Waals surface area contributed by atoms with E-state index in [1.54, 1.807) is 0 Å². The van der Waals surface area contributed by atoms with Gasteiger partial charge in [0, 0.05) is 0 Å². The van der Waals surface area contributed by atoms with Crippen LogP contribution in [0.4, 0.5) is 0 Å². The van der Waals surface area contributed by atoms with Crippen LogP contribution in [0.3, 0.4) is 0 Å². The summed E-state index contributed by atoms with van der Waals surface area (Å²) >= 11 is 0.